The fourth-order valence-corrected chi connectivity index (χ4v) is 5.21. The van der Waals surface area contributed by atoms with Crippen LogP contribution in [0.3, 0.4) is 0 Å². The standard InChI is InChI=1S/C20H19ClN4O3S3/c1-27-16-7-8-17(28-2)14(9-16)10-22-23-18(26)12-30-20-25-24-19(31-20)29-11-13-3-5-15(21)6-4-13/h3-10H,11-12H2,1-2H3,(H,23,26)/b22-10-. The van der Waals surface area contributed by atoms with E-state index in [4.69, 9.17) is 21.1 Å². The number of halogens is 1. The molecule has 0 saturated carbocycles. The van der Waals surface area contributed by atoms with E-state index in [2.05, 4.69) is 20.7 Å². The smallest absolute Gasteiger partial charge is 0.250 e. The molecule has 3 rings (SSSR count). The summed E-state index contributed by atoms with van der Waals surface area (Å²) in [5, 5.41) is 13.0. The molecule has 3 aromatic rings. The summed E-state index contributed by atoms with van der Waals surface area (Å²) in [7, 11) is 3.15. The minimum atomic E-state index is -0.242. The van der Waals surface area contributed by atoms with Gasteiger partial charge in [0.1, 0.15) is 11.5 Å². The summed E-state index contributed by atoms with van der Waals surface area (Å²) < 4.78 is 12.0. The highest BCUT2D eigenvalue weighted by atomic mass is 35.5. The van der Waals surface area contributed by atoms with Gasteiger partial charge in [-0.1, -0.05) is 58.6 Å². The maximum atomic E-state index is 12.1. The third-order valence-electron chi connectivity index (χ3n) is 3.82. The van der Waals surface area contributed by atoms with Gasteiger partial charge in [0, 0.05) is 16.3 Å². The Morgan fingerprint density at radius 2 is 1.87 bits per heavy atom. The molecular formula is C20H19ClN4O3S3. The van der Waals surface area contributed by atoms with Gasteiger partial charge in [-0.05, 0) is 35.9 Å². The van der Waals surface area contributed by atoms with Gasteiger partial charge in [-0.25, -0.2) is 5.43 Å². The summed E-state index contributed by atoms with van der Waals surface area (Å²) in [6.07, 6.45) is 1.51. The second kappa shape index (κ2) is 11.9. The first-order chi connectivity index (χ1) is 15.1. The molecule has 1 aromatic heterocycles. The number of aromatic nitrogens is 2. The minimum absolute atomic E-state index is 0.184. The molecule has 0 fully saturated rings. The molecule has 1 heterocycles. The molecule has 2 aromatic carbocycles. The summed E-state index contributed by atoms with van der Waals surface area (Å²) in [6, 6.07) is 13.0. The van der Waals surface area contributed by atoms with Crippen LogP contribution >= 0.6 is 46.5 Å². The number of amides is 1. The predicted molar refractivity (Wildman–Crippen MR) is 127 cm³/mol. The van der Waals surface area contributed by atoms with Crippen molar-refractivity contribution in [3.8, 4) is 11.5 Å². The average molecular weight is 495 g/mol. The number of hydrogen-bond donors (Lipinski definition) is 1. The van der Waals surface area contributed by atoms with E-state index in [-0.39, 0.29) is 11.7 Å². The number of hydrogen-bond acceptors (Lipinski definition) is 9. The van der Waals surface area contributed by atoms with Crippen molar-refractivity contribution in [1.29, 1.82) is 0 Å². The van der Waals surface area contributed by atoms with Crippen LogP contribution in [0, 0.1) is 0 Å². The lowest BCUT2D eigenvalue weighted by atomic mass is 10.2. The Labute approximate surface area is 197 Å². The lowest BCUT2D eigenvalue weighted by Crippen LogP contribution is -2.19. The molecule has 0 unspecified atom stereocenters. The first kappa shape index (κ1) is 23.4. The maximum Gasteiger partial charge on any atom is 0.250 e. The second-order valence-electron chi connectivity index (χ2n) is 5.94. The van der Waals surface area contributed by atoms with Crippen molar-refractivity contribution in [1.82, 2.24) is 15.6 Å². The van der Waals surface area contributed by atoms with Crippen LogP contribution in [0.25, 0.3) is 0 Å². The topological polar surface area (TPSA) is 85.7 Å². The highest BCUT2D eigenvalue weighted by molar-refractivity contribution is 8.03. The average Bonchev–Trinajstić information content (AvgIpc) is 3.25. The van der Waals surface area contributed by atoms with Crippen LogP contribution in [0.2, 0.25) is 5.02 Å². The van der Waals surface area contributed by atoms with E-state index >= 15 is 0 Å². The molecule has 0 aliphatic rings. The van der Waals surface area contributed by atoms with Crippen molar-refractivity contribution in [3.05, 3.63) is 58.6 Å². The zero-order chi connectivity index (χ0) is 22.1. The van der Waals surface area contributed by atoms with Crippen LogP contribution in [0.1, 0.15) is 11.1 Å². The van der Waals surface area contributed by atoms with Gasteiger partial charge in [0.05, 0.1) is 26.2 Å². The van der Waals surface area contributed by atoms with Crippen LogP contribution in [0.4, 0.5) is 0 Å². The van der Waals surface area contributed by atoms with Gasteiger partial charge in [-0.15, -0.1) is 10.2 Å². The number of ether oxygens (including phenoxy) is 2. The molecule has 0 radical (unpaired) electrons. The molecule has 0 saturated heterocycles. The molecule has 0 aliphatic heterocycles. The molecule has 1 N–H and O–H groups in total. The van der Waals surface area contributed by atoms with Crippen molar-refractivity contribution in [2.75, 3.05) is 20.0 Å². The first-order valence-corrected chi connectivity index (χ1v) is 12.1. The van der Waals surface area contributed by atoms with E-state index in [0.29, 0.717) is 22.1 Å². The first-order valence-electron chi connectivity index (χ1n) is 8.95. The molecule has 0 bridgehead atoms. The Balaban J connectivity index is 1.45. The largest absolute Gasteiger partial charge is 0.497 e. The van der Waals surface area contributed by atoms with Crippen LogP contribution in [0.15, 0.2) is 56.2 Å². The predicted octanol–water partition coefficient (Wildman–Crippen LogP) is 4.74. The number of methoxy groups -OCH3 is 2. The molecular weight excluding hydrogens is 476 g/mol. The number of hydrazone groups is 1. The highest BCUT2D eigenvalue weighted by Crippen LogP contribution is 2.30. The number of carbonyl (C=O) groups is 1. The number of nitrogens with zero attached hydrogens (tertiary/aromatic N) is 3. The van der Waals surface area contributed by atoms with E-state index < -0.39 is 0 Å². The third kappa shape index (κ3) is 7.42. The van der Waals surface area contributed by atoms with Gasteiger partial charge in [0.2, 0.25) is 0 Å². The maximum absolute atomic E-state index is 12.1. The summed E-state index contributed by atoms with van der Waals surface area (Å²) in [5.74, 6) is 2.02. The van der Waals surface area contributed by atoms with Gasteiger partial charge in [-0.2, -0.15) is 5.10 Å². The highest BCUT2D eigenvalue weighted by Gasteiger charge is 2.09. The van der Waals surface area contributed by atoms with Gasteiger partial charge in [-0.3, -0.25) is 4.79 Å². The summed E-state index contributed by atoms with van der Waals surface area (Å²) in [5.41, 5.74) is 4.35. The van der Waals surface area contributed by atoms with Crippen molar-refractivity contribution in [2.45, 2.75) is 14.4 Å². The molecule has 0 atom stereocenters. The molecule has 1 amide bonds. The Morgan fingerprint density at radius 1 is 1.13 bits per heavy atom. The molecule has 162 valence electrons. The quantitative estimate of drug-likeness (QED) is 0.247. The van der Waals surface area contributed by atoms with Crippen LogP contribution in [0.5, 0.6) is 11.5 Å². The van der Waals surface area contributed by atoms with Crippen molar-refractivity contribution >= 4 is 58.6 Å². The number of rotatable bonds is 10. The lowest BCUT2D eigenvalue weighted by molar-refractivity contribution is -0.118. The number of carbonyl (C=O) groups excluding carboxylic acids is 1. The van der Waals surface area contributed by atoms with Crippen LogP contribution in [-0.4, -0.2) is 42.3 Å². The van der Waals surface area contributed by atoms with Gasteiger partial charge in [0.25, 0.3) is 5.91 Å². The molecule has 0 spiro atoms. The fourth-order valence-electron chi connectivity index (χ4n) is 2.31. The van der Waals surface area contributed by atoms with Crippen molar-refractivity contribution in [3.63, 3.8) is 0 Å². The minimum Gasteiger partial charge on any atom is -0.497 e. The fraction of sp³-hybridized carbons (Fsp3) is 0.200. The normalized spacial score (nSPS) is 10.9. The molecule has 0 aliphatic carbocycles. The second-order valence-corrected chi connectivity index (χ2v) is 9.80. The lowest BCUT2D eigenvalue weighted by Gasteiger charge is -2.06. The van der Waals surface area contributed by atoms with E-state index in [1.54, 1.807) is 44.2 Å². The SMILES string of the molecule is COc1ccc(OC)c(/C=N\NC(=O)CSc2nnc(SCc3ccc(Cl)cc3)s2)c1. The van der Waals surface area contributed by atoms with Gasteiger partial charge < -0.3 is 9.47 Å². The molecule has 7 nitrogen and oxygen atoms in total. The van der Waals surface area contributed by atoms with Gasteiger partial charge >= 0.3 is 0 Å². The van der Waals surface area contributed by atoms with E-state index in [1.807, 2.05) is 24.3 Å². The summed E-state index contributed by atoms with van der Waals surface area (Å²) in [6.45, 7) is 0. The van der Waals surface area contributed by atoms with Crippen molar-refractivity contribution in [2.24, 2.45) is 5.10 Å². The Kier molecular flexibility index (Phi) is 9.01. The summed E-state index contributed by atoms with van der Waals surface area (Å²) in [4.78, 5) is 12.1. The Morgan fingerprint density at radius 3 is 2.58 bits per heavy atom. The Hall–Kier alpha value is -2.27. The monoisotopic (exact) mass is 494 g/mol. The zero-order valence-electron chi connectivity index (χ0n) is 16.7. The third-order valence-corrected chi connectivity index (χ3v) is 7.33. The summed E-state index contributed by atoms with van der Waals surface area (Å²) >= 11 is 10.3. The molecule has 31 heavy (non-hydrogen) atoms. The number of nitrogens with one attached hydrogen (secondary N) is 1. The van der Waals surface area contributed by atoms with Crippen molar-refractivity contribution < 1.29 is 14.3 Å². The van der Waals surface area contributed by atoms with Gasteiger partial charge in [0.15, 0.2) is 8.68 Å². The Bertz CT molecular complexity index is 1040. The number of thioether (sulfide) groups is 2. The van der Waals surface area contributed by atoms with E-state index in [9.17, 15) is 4.79 Å². The van der Waals surface area contributed by atoms with Crippen LogP contribution < -0.4 is 14.9 Å². The van der Waals surface area contributed by atoms with E-state index in [0.717, 1.165) is 20.0 Å². The van der Waals surface area contributed by atoms with E-state index in [1.165, 1.54) is 29.3 Å². The number of benzene rings is 2. The zero-order valence-corrected chi connectivity index (χ0v) is 19.9. The molecule has 11 heteroatoms. The van der Waals surface area contributed by atoms with Crippen LogP contribution in [-0.2, 0) is 10.5 Å².